The molecule has 12 heteroatoms. The number of hydrogen-bond donors (Lipinski definition) is 5. The first kappa shape index (κ1) is 25.6. The predicted octanol–water partition coefficient (Wildman–Crippen LogP) is 4.70. The van der Waals surface area contributed by atoms with Crippen LogP contribution in [0.25, 0.3) is 0 Å². The lowest BCUT2D eigenvalue weighted by atomic mass is 9.91. The van der Waals surface area contributed by atoms with Gasteiger partial charge in [-0.05, 0) is 43.2 Å². The number of hydrogen-bond acceptors (Lipinski definition) is 7. The standard InChI is InChI=1S/C24H24Cl2FN7O2/c25-12-5-6-15(17(26)7-12)24(36)32-14-8-13(10-30-11-14)31-22-16(21(29)35)9-18(27)23(34-22)33-20-4-2-1-3-19(20)28/h5-11,19-20H,1-4,28H2,(H2,29,35)(H,32,36)(H2,31,33,34)/t19-,20+/m0/s1. The molecule has 3 aromatic rings. The highest BCUT2D eigenvalue weighted by molar-refractivity contribution is 6.37. The molecule has 2 heterocycles. The number of carbonyl (C=O) groups excluding carboxylic acids is 2. The van der Waals surface area contributed by atoms with Gasteiger partial charge in [-0.15, -0.1) is 0 Å². The summed E-state index contributed by atoms with van der Waals surface area (Å²) in [5, 5.41) is 9.29. The second-order valence-corrected chi connectivity index (χ2v) is 9.29. The summed E-state index contributed by atoms with van der Waals surface area (Å²) in [4.78, 5) is 33.0. The lowest BCUT2D eigenvalue weighted by Gasteiger charge is -2.30. The van der Waals surface area contributed by atoms with E-state index in [4.69, 9.17) is 34.7 Å². The number of nitrogens with one attached hydrogen (secondary N) is 3. The highest BCUT2D eigenvalue weighted by Crippen LogP contribution is 2.28. The minimum atomic E-state index is -0.861. The largest absolute Gasteiger partial charge is 0.365 e. The molecule has 1 fully saturated rings. The number of amides is 2. The van der Waals surface area contributed by atoms with E-state index in [1.165, 1.54) is 24.5 Å². The number of rotatable bonds is 7. The molecule has 36 heavy (non-hydrogen) atoms. The normalized spacial score (nSPS) is 17.3. The Labute approximate surface area is 216 Å². The molecule has 0 saturated heterocycles. The number of anilines is 4. The smallest absolute Gasteiger partial charge is 0.257 e. The van der Waals surface area contributed by atoms with E-state index in [9.17, 15) is 14.0 Å². The molecule has 1 saturated carbocycles. The first-order chi connectivity index (χ1) is 17.2. The summed E-state index contributed by atoms with van der Waals surface area (Å²) >= 11 is 12.0. The fourth-order valence-corrected chi connectivity index (χ4v) is 4.47. The maximum atomic E-state index is 14.8. The van der Waals surface area contributed by atoms with Crippen LogP contribution in [0.4, 0.5) is 27.4 Å². The topological polar surface area (TPSA) is 148 Å². The molecule has 0 bridgehead atoms. The van der Waals surface area contributed by atoms with Crippen molar-refractivity contribution >= 4 is 58.0 Å². The average Bonchev–Trinajstić information content (AvgIpc) is 2.82. The minimum absolute atomic E-state index is 0.0294. The Balaban J connectivity index is 1.57. The number of benzene rings is 1. The summed E-state index contributed by atoms with van der Waals surface area (Å²) in [7, 11) is 0. The van der Waals surface area contributed by atoms with Gasteiger partial charge in [-0.3, -0.25) is 14.6 Å². The number of aromatic nitrogens is 2. The molecule has 9 nitrogen and oxygen atoms in total. The quantitative estimate of drug-likeness (QED) is 0.296. The number of nitrogens with two attached hydrogens (primary N) is 2. The van der Waals surface area contributed by atoms with Crippen molar-refractivity contribution in [2.24, 2.45) is 11.5 Å². The Hall–Kier alpha value is -3.47. The maximum Gasteiger partial charge on any atom is 0.257 e. The van der Waals surface area contributed by atoms with Crippen molar-refractivity contribution < 1.29 is 14.0 Å². The Morgan fingerprint density at radius 1 is 1.00 bits per heavy atom. The monoisotopic (exact) mass is 531 g/mol. The lowest BCUT2D eigenvalue weighted by molar-refractivity contribution is 0.0997. The third-order valence-electron chi connectivity index (χ3n) is 5.82. The van der Waals surface area contributed by atoms with E-state index < -0.39 is 17.6 Å². The lowest BCUT2D eigenvalue weighted by Crippen LogP contribution is -2.43. The van der Waals surface area contributed by atoms with Gasteiger partial charge in [-0.2, -0.15) is 0 Å². The second-order valence-electron chi connectivity index (χ2n) is 8.44. The summed E-state index contributed by atoms with van der Waals surface area (Å²) in [5.74, 6) is -2.06. The van der Waals surface area contributed by atoms with Crippen molar-refractivity contribution in [2.45, 2.75) is 37.8 Å². The molecule has 1 aliphatic rings. The minimum Gasteiger partial charge on any atom is -0.365 e. The maximum absolute atomic E-state index is 14.8. The summed E-state index contributed by atoms with van der Waals surface area (Å²) in [6.07, 6.45) is 6.49. The van der Waals surface area contributed by atoms with Crippen LogP contribution in [0.15, 0.2) is 42.7 Å². The first-order valence-electron chi connectivity index (χ1n) is 11.2. The molecule has 0 unspecified atom stereocenters. The zero-order chi connectivity index (χ0) is 25.8. The molecule has 1 aliphatic carbocycles. The van der Waals surface area contributed by atoms with Gasteiger partial charge in [0.05, 0.1) is 39.9 Å². The van der Waals surface area contributed by atoms with Crippen molar-refractivity contribution in [2.75, 3.05) is 16.0 Å². The molecular formula is C24H24Cl2FN7O2. The van der Waals surface area contributed by atoms with Crippen LogP contribution in [0.1, 0.15) is 46.4 Å². The summed E-state index contributed by atoms with van der Waals surface area (Å²) in [6, 6.07) is 6.83. The van der Waals surface area contributed by atoms with Gasteiger partial charge in [-0.1, -0.05) is 36.0 Å². The van der Waals surface area contributed by atoms with E-state index in [0.717, 1.165) is 31.7 Å². The van der Waals surface area contributed by atoms with Gasteiger partial charge in [0.2, 0.25) is 0 Å². The zero-order valence-corrected chi connectivity index (χ0v) is 20.5. The first-order valence-corrected chi connectivity index (χ1v) is 12.0. The molecule has 7 N–H and O–H groups in total. The van der Waals surface area contributed by atoms with Crippen LogP contribution in [0.3, 0.4) is 0 Å². The van der Waals surface area contributed by atoms with Gasteiger partial charge in [0.25, 0.3) is 11.8 Å². The zero-order valence-electron chi connectivity index (χ0n) is 19.0. The molecular weight excluding hydrogens is 508 g/mol. The third kappa shape index (κ3) is 6.01. The van der Waals surface area contributed by atoms with Crippen LogP contribution in [0.2, 0.25) is 10.0 Å². The second kappa shape index (κ2) is 11.1. The Morgan fingerprint density at radius 3 is 2.47 bits per heavy atom. The summed E-state index contributed by atoms with van der Waals surface area (Å²) in [5.41, 5.74) is 12.4. The molecule has 2 aromatic heterocycles. The predicted molar refractivity (Wildman–Crippen MR) is 139 cm³/mol. The van der Waals surface area contributed by atoms with Crippen LogP contribution in [-0.4, -0.2) is 33.9 Å². The van der Waals surface area contributed by atoms with Crippen molar-refractivity contribution in [1.29, 1.82) is 0 Å². The van der Waals surface area contributed by atoms with E-state index in [0.29, 0.717) is 16.4 Å². The van der Waals surface area contributed by atoms with Crippen LogP contribution >= 0.6 is 23.2 Å². The number of pyridine rings is 2. The fraction of sp³-hybridized carbons (Fsp3) is 0.250. The molecule has 0 radical (unpaired) electrons. The number of primary amides is 1. The Kier molecular flexibility index (Phi) is 7.88. The molecule has 4 rings (SSSR count). The molecule has 0 aliphatic heterocycles. The summed E-state index contributed by atoms with van der Waals surface area (Å²) in [6.45, 7) is 0. The SMILES string of the molecule is NC(=O)c1cc(F)c(N[C@@H]2CCCC[C@@H]2N)nc1Nc1cncc(NC(=O)c2ccc(Cl)cc2Cl)c1. The molecule has 188 valence electrons. The van der Waals surface area contributed by atoms with E-state index in [-0.39, 0.29) is 39.9 Å². The van der Waals surface area contributed by atoms with E-state index in [1.54, 1.807) is 12.1 Å². The van der Waals surface area contributed by atoms with Crippen LogP contribution in [-0.2, 0) is 0 Å². The Morgan fingerprint density at radius 2 is 1.75 bits per heavy atom. The summed E-state index contributed by atoms with van der Waals surface area (Å²) < 4.78 is 14.8. The van der Waals surface area contributed by atoms with Gasteiger partial charge in [-0.25, -0.2) is 9.37 Å². The molecule has 1 aromatic carbocycles. The third-order valence-corrected chi connectivity index (χ3v) is 6.37. The van der Waals surface area contributed by atoms with Crippen molar-refractivity contribution in [3.8, 4) is 0 Å². The van der Waals surface area contributed by atoms with Gasteiger partial charge >= 0.3 is 0 Å². The van der Waals surface area contributed by atoms with Gasteiger partial charge in [0, 0.05) is 17.1 Å². The van der Waals surface area contributed by atoms with Crippen LogP contribution in [0, 0.1) is 5.82 Å². The van der Waals surface area contributed by atoms with Gasteiger partial charge < -0.3 is 27.4 Å². The fourth-order valence-electron chi connectivity index (χ4n) is 3.97. The van der Waals surface area contributed by atoms with E-state index in [2.05, 4.69) is 25.9 Å². The van der Waals surface area contributed by atoms with E-state index >= 15 is 0 Å². The number of halogens is 3. The molecule has 2 atom stereocenters. The van der Waals surface area contributed by atoms with Gasteiger partial charge in [0.15, 0.2) is 11.6 Å². The Bertz CT molecular complexity index is 1310. The van der Waals surface area contributed by atoms with Crippen molar-refractivity contribution in [1.82, 2.24) is 9.97 Å². The van der Waals surface area contributed by atoms with Crippen molar-refractivity contribution in [3.63, 3.8) is 0 Å². The average molecular weight is 532 g/mol. The van der Waals surface area contributed by atoms with Crippen molar-refractivity contribution in [3.05, 3.63) is 69.7 Å². The molecule has 2 amide bonds. The van der Waals surface area contributed by atoms with Crippen LogP contribution < -0.4 is 27.4 Å². The van der Waals surface area contributed by atoms with E-state index in [1.807, 2.05) is 0 Å². The highest BCUT2D eigenvalue weighted by atomic mass is 35.5. The van der Waals surface area contributed by atoms with Crippen LogP contribution in [0.5, 0.6) is 0 Å². The highest BCUT2D eigenvalue weighted by Gasteiger charge is 2.24. The number of nitrogens with zero attached hydrogens (tertiary/aromatic N) is 2. The van der Waals surface area contributed by atoms with Gasteiger partial charge in [0.1, 0.15) is 5.82 Å². The molecule has 0 spiro atoms. The number of carbonyl (C=O) groups is 2.